The minimum absolute atomic E-state index is 0.178. The second-order valence-electron chi connectivity index (χ2n) is 6.20. The number of hydrogen-bond acceptors (Lipinski definition) is 4. The largest absolute Gasteiger partial charge is 0.375 e. The lowest BCUT2D eigenvalue weighted by Crippen LogP contribution is -2.42. The fraction of sp³-hybridized carbons (Fsp3) is 0.750. The normalized spacial score (nSPS) is 26.8. The summed E-state index contributed by atoms with van der Waals surface area (Å²) in [7, 11) is 0. The van der Waals surface area contributed by atoms with E-state index in [1.165, 1.54) is 37.7 Å². The number of ether oxygens (including phenoxy) is 1. The molecule has 2 heterocycles. The quantitative estimate of drug-likeness (QED) is 0.918. The molecule has 0 bridgehead atoms. The van der Waals surface area contributed by atoms with Crippen molar-refractivity contribution in [2.24, 2.45) is 5.92 Å². The molecule has 1 N–H and O–H groups in total. The fourth-order valence-electron chi connectivity index (χ4n) is 3.98. The van der Waals surface area contributed by atoms with Gasteiger partial charge in [0, 0.05) is 18.8 Å². The van der Waals surface area contributed by atoms with E-state index in [0.29, 0.717) is 12.0 Å². The molecular formula is C16H25N3O. The van der Waals surface area contributed by atoms with Crippen molar-refractivity contribution in [2.45, 2.75) is 57.1 Å². The molecule has 3 rings (SSSR count). The zero-order valence-corrected chi connectivity index (χ0v) is 12.3. The van der Waals surface area contributed by atoms with Crippen molar-refractivity contribution >= 4 is 0 Å². The Kier molecular flexibility index (Phi) is 4.32. The molecular weight excluding hydrogens is 250 g/mol. The lowest BCUT2D eigenvalue weighted by Gasteiger charge is -2.41. The van der Waals surface area contributed by atoms with Gasteiger partial charge in [0.1, 0.15) is 0 Å². The molecule has 1 saturated carbocycles. The summed E-state index contributed by atoms with van der Waals surface area (Å²) < 4.78 is 6.17. The van der Waals surface area contributed by atoms with Crippen molar-refractivity contribution in [2.75, 3.05) is 13.2 Å². The molecule has 1 aliphatic heterocycles. The number of nitrogens with zero attached hydrogens (tertiary/aromatic N) is 2. The van der Waals surface area contributed by atoms with Gasteiger partial charge in [-0.1, -0.05) is 19.8 Å². The molecule has 1 spiro atoms. The van der Waals surface area contributed by atoms with Crippen molar-refractivity contribution in [1.29, 1.82) is 0 Å². The van der Waals surface area contributed by atoms with Gasteiger partial charge in [0.25, 0.3) is 0 Å². The van der Waals surface area contributed by atoms with E-state index in [1.54, 1.807) is 6.20 Å². The van der Waals surface area contributed by atoms with E-state index in [9.17, 15) is 0 Å². The Morgan fingerprint density at radius 2 is 2.25 bits per heavy atom. The van der Waals surface area contributed by atoms with Crippen molar-refractivity contribution < 1.29 is 4.74 Å². The predicted molar refractivity (Wildman–Crippen MR) is 78.3 cm³/mol. The molecule has 1 aromatic heterocycles. The van der Waals surface area contributed by atoms with Crippen LogP contribution in [0.3, 0.4) is 0 Å². The van der Waals surface area contributed by atoms with E-state index in [0.717, 1.165) is 19.6 Å². The average Bonchev–Trinajstić information content (AvgIpc) is 2.93. The summed E-state index contributed by atoms with van der Waals surface area (Å²) >= 11 is 0. The van der Waals surface area contributed by atoms with E-state index < -0.39 is 0 Å². The van der Waals surface area contributed by atoms with Crippen LogP contribution in [0.4, 0.5) is 0 Å². The van der Waals surface area contributed by atoms with Gasteiger partial charge in [0.2, 0.25) is 0 Å². The zero-order chi connectivity index (χ0) is 13.8. The van der Waals surface area contributed by atoms with Crippen molar-refractivity contribution in [3.8, 4) is 0 Å². The molecule has 2 unspecified atom stereocenters. The Hall–Kier alpha value is -1.00. The third kappa shape index (κ3) is 2.86. The molecule has 1 saturated heterocycles. The maximum atomic E-state index is 6.17. The summed E-state index contributed by atoms with van der Waals surface area (Å²) in [6.07, 6.45) is 11.2. The van der Waals surface area contributed by atoms with Gasteiger partial charge >= 0.3 is 0 Å². The van der Waals surface area contributed by atoms with E-state index >= 15 is 0 Å². The highest BCUT2D eigenvalue weighted by Gasteiger charge is 2.42. The van der Waals surface area contributed by atoms with Crippen LogP contribution in [0.1, 0.15) is 57.1 Å². The van der Waals surface area contributed by atoms with Crippen molar-refractivity contribution in [3.63, 3.8) is 0 Å². The van der Waals surface area contributed by atoms with Gasteiger partial charge in [0.15, 0.2) is 0 Å². The average molecular weight is 275 g/mol. The molecule has 1 aromatic rings. The van der Waals surface area contributed by atoms with Crippen LogP contribution in [0.25, 0.3) is 0 Å². The highest BCUT2D eigenvalue weighted by Crippen LogP contribution is 2.45. The number of rotatable bonds is 4. The Morgan fingerprint density at radius 3 is 2.95 bits per heavy atom. The summed E-state index contributed by atoms with van der Waals surface area (Å²) in [6.45, 7) is 4.06. The van der Waals surface area contributed by atoms with E-state index in [4.69, 9.17) is 4.74 Å². The van der Waals surface area contributed by atoms with Crippen LogP contribution in [0, 0.1) is 5.92 Å². The molecule has 4 nitrogen and oxygen atoms in total. The Morgan fingerprint density at radius 1 is 1.40 bits per heavy atom. The third-order valence-corrected chi connectivity index (χ3v) is 4.91. The maximum absolute atomic E-state index is 6.17. The summed E-state index contributed by atoms with van der Waals surface area (Å²) in [5, 5.41) is 11.6. The highest BCUT2D eigenvalue weighted by molar-refractivity contribution is 5.14. The van der Waals surface area contributed by atoms with Crippen LogP contribution in [-0.2, 0) is 4.74 Å². The van der Waals surface area contributed by atoms with Gasteiger partial charge in [-0.15, -0.1) is 0 Å². The molecule has 2 aliphatic rings. The number of aromatic nitrogens is 2. The van der Waals surface area contributed by atoms with Gasteiger partial charge in [-0.3, -0.25) is 0 Å². The number of hydrogen-bond donors (Lipinski definition) is 1. The minimum Gasteiger partial charge on any atom is -0.375 e. The highest BCUT2D eigenvalue weighted by atomic mass is 16.5. The zero-order valence-electron chi connectivity index (χ0n) is 12.3. The van der Waals surface area contributed by atoms with Crippen LogP contribution in [-0.4, -0.2) is 29.0 Å². The van der Waals surface area contributed by atoms with Crippen LogP contribution in [0.2, 0.25) is 0 Å². The van der Waals surface area contributed by atoms with Gasteiger partial charge in [-0.25, -0.2) is 0 Å². The molecule has 110 valence electrons. The lowest BCUT2D eigenvalue weighted by molar-refractivity contribution is -0.0981. The second kappa shape index (κ2) is 6.19. The Bertz CT molecular complexity index is 417. The number of nitrogens with one attached hydrogen (secondary N) is 1. The first kappa shape index (κ1) is 14.0. The van der Waals surface area contributed by atoms with Crippen molar-refractivity contribution in [1.82, 2.24) is 15.5 Å². The van der Waals surface area contributed by atoms with Crippen LogP contribution >= 0.6 is 0 Å². The minimum atomic E-state index is 0.178. The second-order valence-corrected chi connectivity index (χ2v) is 6.20. The monoisotopic (exact) mass is 275 g/mol. The summed E-state index contributed by atoms with van der Waals surface area (Å²) in [5.41, 5.74) is 1.44. The molecule has 0 aromatic carbocycles. The van der Waals surface area contributed by atoms with Crippen molar-refractivity contribution in [3.05, 3.63) is 24.0 Å². The van der Waals surface area contributed by atoms with Crippen LogP contribution in [0.5, 0.6) is 0 Å². The lowest BCUT2D eigenvalue weighted by atomic mass is 9.79. The van der Waals surface area contributed by atoms with Crippen LogP contribution < -0.4 is 5.32 Å². The third-order valence-electron chi connectivity index (χ3n) is 4.91. The SMILES string of the molecule is CCNC(c1ccnnc1)C1CCOC2(CCCC2)C1. The smallest absolute Gasteiger partial charge is 0.0686 e. The molecule has 20 heavy (non-hydrogen) atoms. The first-order chi connectivity index (χ1) is 9.83. The molecule has 2 fully saturated rings. The predicted octanol–water partition coefficient (Wildman–Crippen LogP) is 2.87. The van der Waals surface area contributed by atoms with Gasteiger partial charge in [0.05, 0.1) is 11.8 Å². The van der Waals surface area contributed by atoms with Gasteiger partial charge < -0.3 is 10.1 Å². The first-order valence-corrected chi connectivity index (χ1v) is 7.97. The standard InChI is InChI=1S/C16H25N3O/c1-2-17-15(14-5-9-18-19-12-14)13-6-10-20-16(11-13)7-3-4-8-16/h5,9,12-13,15,17H,2-4,6-8,10-11H2,1H3. The first-order valence-electron chi connectivity index (χ1n) is 7.97. The molecule has 0 radical (unpaired) electrons. The molecule has 1 aliphatic carbocycles. The molecule has 0 amide bonds. The fourth-order valence-corrected chi connectivity index (χ4v) is 3.98. The molecule has 2 atom stereocenters. The van der Waals surface area contributed by atoms with E-state index in [-0.39, 0.29) is 5.60 Å². The van der Waals surface area contributed by atoms with Gasteiger partial charge in [-0.2, -0.15) is 10.2 Å². The summed E-state index contributed by atoms with van der Waals surface area (Å²) in [4.78, 5) is 0. The van der Waals surface area contributed by atoms with E-state index in [2.05, 4.69) is 28.5 Å². The summed E-state index contributed by atoms with van der Waals surface area (Å²) in [5.74, 6) is 0.644. The topological polar surface area (TPSA) is 47.0 Å². The summed E-state index contributed by atoms with van der Waals surface area (Å²) in [6, 6.07) is 2.48. The Labute approximate surface area is 121 Å². The van der Waals surface area contributed by atoms with Gasteiger partial charge in [-0.05, 0) is 49.8 Å². The molecule has 4 heteroatoms. The maximum Gasteiger partial charge on any atom is 0.0686 e. The Balaban J connectivity index is 1.77. The van der Waals surface area contributed by atoms with E-state index in [1.807, 2.05) is 6.20 Å². The van der Waals surface area contributed by atoms with Crippen LogP contribution in [0.15, 0.2) is 18.5 Å².